The molecule has 0 atom stereocenters. The molecule has 0 radical (unpaired) electrons. The molecule has 2 aromatic rings. The summed E-state index contributed by atoms with van der Waals surface area (Å²) in [5.74, 6) is -2.04. The van der Waals surface area contributed by atoms with E-state index in [-0.39, 0.29) is 22.6 Å². The average Bonchev–Trinajstić information content (AvgIpc) is 2.94. The van der Waals surface area contributed by atoms with Gasteiger partial charge in [0, 0.05) is 6.20 Å². The van der Waals surface area contributed by atoms with Gasteiger partial charge in [0.25, 0.3) is 0 Å². The summed E-state index contributed by atoms with van der Waals surface area (Å²) in [6.45, 7) is 0. The molecule has 0 amide bonds. The molecular weight excluding hydrogens is 267 g/mol. The number of rotatable bonds is 4. The lowest BCUT2D eigenvalue weighted by molar-refractivity contribution is 0.0697. The van der Waals surface area contributed by atoms with Crippen LogP contribution >= 0.6 is 0 Å². The molecular formula is C11H7FN6O2. The van der Waals surface area contributed by atoms with Gasteiger partial charge in [-0.3, -0.25) is 0 Å². The Morgan fingerprint density at radius 3 is 2.95 bits per heavy atom. The lowest BCUT2D eigenvalue weighted by Crippen LogP contribution is -2.05. The fourth-order valence-corrected chi connectivity index (χ4v) is 1.42. The van der Waals surface area contributed by atoms with Crippen LogP contribution < -0.4 is 5.32 Å². The second-order valence-corrected chi connectivity index (χ2v) is 3.52. The predicted molar refractivity (Wildman–Crippen MR) is 64.7 cm³/mol. The van der Waals surface area contributed by atoms with E-state index in [0.717, 1.165) is 12.3 Å². The number of anilines is 1. The smallest absolute Gasteiger partial charge is 0.337 e. The SMILES string of the molecule is N#CC(=CNc1c(F)cccc1C(=O)O)c1nn[nH]n1. The van der Waals surface area contributed by atoms with Gasteiger partial charge >= 0.3 is 5.97 Å². The van der Waals surface area contributed by atoms with E-state index in [4.69, 9.17) is 10.4 Å². The number of hydrogen-bond acceptors (Lipinski definition) is 6. The molecule has 9 heteroatoms. The summed E-state index contributed by atoms with van der Waals surface area (Å²) in [6, 6.07) is 5.40. The maximum Gasteiger partial charge on any atom is 0.337 e. The Hall–Kier alpha value is -3.28. The molecule has 0 unspecified atom stereocenters. The highest BCUT2D eigenvalue weighted by Crippen LogP contribution is 2.20. The number of nitriles is 1. The number of hydrogen-bond donors (Lipinski definition) is 3. The molecule has 0 fully saturated rings. The van der Waals surface area contributed by atoms with Crippen LogP contribution in [0.1, 0.15) is 16.2 Å². The first-order valence-electron chi connectivity index (χ1n) is 5.26. The molecule has 20 heavy (non-hydrogen) atoms. The summed E-state index contributed by atoms with van der Waals surface area (Å²) < 4.78 is 13.6. The summed E-state index contributed by atoms with van der Waals surface area (Å²) in [4.78, 5) is 11.0. The second-order valence-electron chi connectivity index (χ2n) is 3.52. The highest BCUT2D eigenvalue weighted by atomic mass is 19.1. The van der Waals surface area contributed by atoms with Crippen LogP contribution in [-0.2, 0) is 0 Å². The van der Waals surface area contributed by atoms with E-state index in [1.165, 1.54) is 12.1 Å². The first-order chi connectivity index (χ1) is 9.63. The Kier molecular flexibility index (Phi) is 3.67. The standard InChI is InChI=1S/C11H7FN6O2/c12-8-3-1-2-7(11(19)20)9(8)14-5-6(4-13)10-15-17-18-16-10/h1-3,5,14H,(H,19,20)(H,15,16,17,18). The molecule has 100 valence electrons. The normalized spacial score (nSPS) is 10.9. The fourth-order valence-electron chi connectivity index (χ4n) is 1.42. The highest BCUT2D eigenvalue weighted by Gasteiger charge is 2.14. The minimum atomic E-state index is -1.29. The number of carboxylic acids is 1. The maximum absolute atomic E-state index is 13.6. The Labute approximate surface area is 111 Å². The van der Waals surface area contributed by atoms with Crippen molar-refractivity contribution in [3.8, 4) is 6.07 Å². The van der Waals surface area contributed by atoms with Crippen molar-refractivity contribution >= 4 is 17.2 Å². The third-order valence-electron chi connectivity index (χ3n) is 2.31. The minimum absolute atomic E-state index is 0.00761. The van der Waals surface area contributed by atoms with Crippen LogP contribution in [-0.4, -0.2) is 31.7 Å². The summed E-state index contributed by atoms with van der Waals surface area (Å²) >= 11 is 0. The van der Waals surface area contributed by atoms with Gasteiger partial charge in [0.1, 0.15) is 17.5 Å². The van der Waals surface area contributed by atoms with Crippen molar-refractivity contribution in [1.29, 1.82) is 5.26 Å². The van der Waals surface area contributed by atoms with Gasteiger partial charge in [-0.25, -0.2) is 9.18 Å². The number of halogens is 1. The third-order valence-corrected chi connectivity index (χ3v) is 2.31. The van der Waals surface area contributed by atoms with E-state index in [0.29, 0.717) is 0 Å². The van der Waals surface area contributed by atoms with Gasteiger partial charge in [-0.15, -0.1) is 10.2 Å². The summed E-state index contributed by atoms with van der Waals surface area (Å²) in [5, 5.41) is 33.0. The van der Waals surface area contributed by atoms with Crippen LogP contribution in [0.25, 0.3) is 5.57 Å². The van der Waals surface area contributed by atoms with Crippen molar-refractivity contribution in [3.63, 3.8) is 0 Å². The van der Waals surface area contributed by atoms with Crippen LogP contribution in [0.15, 0.2) is 24.4 Å². The number of aromatic amines is 1. The molecule has 0 saturated carbocycles. The zero-order valence-electron chi connectivity index (χ0n) is 9.83. The van der Waals surface area contributed by atoms with E-state index in [9.17, 15) is 9.18 Å². The predicted octanol–water partition coefficient (Wildman–Crippen LogP) is 1.01. The average molecular weight is 274 g/mol. The summed E-state index contributed by atoms with van der Waals surface area (Å²) in [6.07, 6.45) is 1.11. The Morgan fingerprint density at radius 2 is 2.35 bits per heavy atom. The largest absolute Gasteiger partial charge is 0.478 e. The molecule has 0 saturated heterocycles. The number of carbonyl (C=O) groups is 1. The zero-order valence-corrected chi connectivity index (χ0v) is 9.83. The molecule has 8 nitrogen and oxygen atoms in total. The molecule has 0 aliphatic rings. The molecule has 0 spiro atoms. The summed E-state index contributed by atoms with van der Waals surface area (Å²) in [5.41, 5.74) is -0.541. The number of aromatic carboxylic acids is 1. The molecule has 2 rings (SSSR count). The van der Waals surface area contributed by atoms with Crippen molar-refractivity contribution in [2.45, 2.75) is 0 Å². The number of carboxylic acid groups (broad SMARTS) is 1. The van der Waals surface area contributed by atoms with Gasteiger partial charge in [-0.2, -0.15) is 10.5 Å². The molecule has 3 N–H and O–H groups in total. The van der Waals surface area contributed by atoms with Crippen molar-refractivity contribution in [2.75, 3.05) is 5.32 Å². The zero-order chi connectivity index (χ0) is 14.5. The van der Waals surface area contributed by atoms with Crippen molar-refractivity contribution < 1.29 is 14.3 Å². The molecule has 0 bridgehead atoms. The van der Waals surface area contributed by atoms with Gasteiger partial charge in [0.05, 0.1) is 11.3 Å². The fraction of sp³-hybridized carbons (Fsp3) is 0. The number of tetrazole rings is 1. The lowest BCUT2D eigenvalue weighted by Gasteiger charge is -2.06. The number of para-hydroxylation sites is 1. The van der Waals surface area contributed by atoms with E-state index in [1.54, 1.807) is 6.07 Å². The first kappa shape index (κ1) is 13.2. The molecule has 0 aliphatic heterocycles. The van der Waals surface area contributed by atoms with Crippen LogP contribution in [0.5, 0.6) is 0 Å². The van der Waals surface area contributed by atoms with Gasteiger partial charge in [0.2, 0.25) is 5.82 Å². The van der Waals surface area contributed by atoms with Crippen LogP contribution in [0, 0.1) is 17.1 Å². The van der Waals surface area contributed by atoms with Crippen LogP contribution in [0.4, 0.5) is 10.1 Å². The van der Waals surface area contributed by atoms with E-state index in [1.807, 2.05) is 0 Å². The monoisotopic (exact) mass is 274 g/mol. The summed E-state index contributed by atoms with van der Waals surface area (Å²) in [7, 11) is 0. The number of allylic oxidation sites excluding steroid dienone is 1. The Balaban J connectivity index is 2.36. The maximum atomic E-state index is 13.6. The van der Waals surface area contributed by atoms with Gasteiger partial charge in [-0.05, 0) is 17.3 Å². The quantitative estimate of drug-likeness (QED) is 0.710. The van der Waals surface area contributed by atoms with Gasteiger partial charge < -0.3 is 10.4 Å². The number of aromatic nitrogens is 4. The number of H-pyrrole nitrogens is 1. The first-order valence-corrected chi connectivity index (χ1v) is 5.26. The number of nitrogens with one attached hydrogen (secondary N) is 2. The van der Waals surface area contributed by atoms with Crippen molar-refractivity contribution in [2.24, 2.45) is 0 Å². The van der Waals surface area contributed by atoms with Gasteiger partial charge in [0.15, 0.2) is 0 Å². The van der Waals surface area contributed by atoms with E-state index in [2.05, 4.69) is 25.9 Å². The molecule has 1 aromatic carbocycles. The van der Waals surface area contributed by atoms with E-state index >= 15 is 0 Å². The van der Waals surface area contributed by atoms with Crippen LogP contribution in [0.3, 0.4) is 0 Å². The third kappa shape index (κ3) is 2.59. The minimum Gasteiger partial charge on any atom is -0.478 e. The van der Waals surface area contributed by atoms with E-state index < -0.39 is 11.8 Å². The van der Waals surface area contributed by atoms with Crippen LogP contribution in [0.2, 0.25) is 0 Å². The van der Waals surface area contributed by atoms with Gasteiger partial charge in [-0.1, -0.05) is 6.07 Å². The highest BCUT2D eigenvalue weighted by molar-refractivity contribution is 5.94. The number of benzene rings is 1. The number of nitrogens with zero attached hydrogens (tertiary/aromatic N) is 4. The molecule has 0 aliphatic carbocycles. The molecule has 1 aromatic heterocycles. The second kappa shape index (κ2) is 5.57. The van der Waals surface area contributed by atoms with Crippen molar-refractivity contribution in [3.05, 3.63) is 41.6 Å². The topological polar surface area (TPSA) is 128 Å². The van der Waals surface area contributed by atoms with Crippen molar-refractivity contribution in [1.82, 2.24) is 20.6 Å². The molecule has 1 heterocycles. The lowest BCUT2D eigenvalue weighted by atomic mass is 10.1. The Morgan fingerprint density at radius 1 is 1.55 bits per heavy atom. The Bertz CT molecular complexity index is 704.